The molecular weight excluding hydrogens is 411 g/mol. The van der Waals surface area contributed by atoms with Gasteiger partial charge in [0.2, 0.25) is 5.91 Å². The maximum Gasteiger partial charge on any atom is 0.235 e. The predicted molar refractivity (Wildman–Crippen MR) is 114 cm³/mol. The quantitative estimate of drug-likeness (QED) is 0.668. The molecule has 1 N–H and O–H groups in total. The van der Waals surface area contributed by atoms with E-state index < -0.39 is 5.41 Å². The summed E-state index contributed by atoms with van der Waals surface area (Å²) in [5, 5.41) is 13.4. The zero-order chi connectivity index (χ0) is 20.9. The minimum Gasteiger partial charge on any atom is -0.494 e. The van der Waals surface area contributed by atoms with Gasteiger partial charge in [-0.25, -0.2) is 0 Å². The van der Waals surface area contributed by atoms with Crippen LogP contribution in [0.1, 0.15) is 37.3 Å². The molecule has 29 heavy (non-hydrogen) atoms. The third kappa shape index (κ3) is 4.67. The maximum atomic E-state index is 13.5. The smallest absolute Gasteiger partial charge is 0.235 e. The Bertz CT molecular complexity index is 934. The van der Waals surface area contributed by atoms with Gasteiger partial charge < -0.3 is 14.8 Å². The van der Waals surface area contributed by atoms with Crippen molar-refractivity contribution < 1.29 is 14.3 Å². The Kier molecular flexibility index (Phi) is 7.02. The molecule has 0 atom stereocenters. The molecule has 0 aliphatic carbocycles. The third-order valence-electron chi connectivity index (χ3n) is 5.06. The molecule has 1 fully saturated rings. The number of benzene rings is 2. The molecule has 1 aliphatic heterocycles. The van der Waals surface area contributed by atoms with E-state index in [1.807, 2.05) is 6.92 Å². The van der Waals surface area contributed by atoms with Crippen LogP contribution in [0.4, 0.5) is 5.69 Å². The molecule has 0 aromatic heterocycles. The van der Waals surface area contributed by atoms with Crippen LogP contribution in [0.3, 0.4) is 0 Å². The van der Waals surface area contributed by atoms with Gasteiger partial charge in [0, 0.05) is 23.3 Å². The normalized spacial score (nSPS) is 15.4. The molecule has 2 aromatic carbocycles. The van der Waals surface area contributed by atoms with Crippen molar-refractivity contribution in [1.82, 2.24) is 0 Å². The van der Waals surface area contributed by atoms with Crippen molar-refractivity contribution in [2.24, 2.45) is 0 Å². The second kappa shape index (κ2) is 9.49. The predicted octanol–water partition coefficient (Wildman–Crippen LogP) is 5.34. The second-order valence-electron chi connectivity index (χ2n) is 6.94. The Labute approximate surface area is 180 Å². The molecule has 0 unspecified atom stereocenters. The number of amides is 1. The number of nitrogens with zero attached hydrogens (tertiary/aromatic N) is 1. The van der Waals surface area contributed by atoms with Crippen molar-refractivity contribution in [1.29, 1.82) is 5.26 Å². The van der Waals surface area contributed by atoms with E-state index in [0.717, 1.165) is 6.42 Å². The monoisotopic (exact) mass is 432 g/mol. The molecule has 0 saturated carbocycles. The number of carbonyl (C=O) groups is 1. The minimum absolute atomic E-state index is 0.219. The number of nitriles is 1. The third-order valence-corrected chi connectivity index (χ3v) is 5.61. The standard InChI is InChI=1S/C22H22Cl2N2O3/c1-2-9-29-17-4-6-20(15(12-17)14-25)26-21(27)22(7-10-28-11-8-22)18-5-3-16(23)13-19(18)24/h3-6,12-13H,2,7-11H2,1H3,(H,26,27). The van der Waals surface area contributed by atoms with E-state index >= 15 is 0 Å². The van der Waals surface area contributed by atoms with E-state index in [1.54, 1.807) is 36.4 Å². The molecule has 1 heterocycles. The lowest BCUT2D eigenvalue weighted by molar-refractivity contribution is -0.125. The summed E-state index contributed by atoms with van der Waals surface area (Å²) in [6.45, 7) is 3.46. The highest BCUT2D eigenvalue weighted by molar-refractivity contribution is 6.35. The van der Waals surface area contributed by atoms with Crippen LogP contribution in [0.25, 0.3) is 0 Å². The minimum atomic E-state index is -0.857. The first-order chi connectivity index (χ1) is 14.0. The van der Waals surface area contributed by atoms with E-state index in [2.05, 4.69) is 11.4 Å². The lowest BCUT2D eigenvalue weighted by atomic mass is 9.73. The van der Waals surface area contributed by atoms with Gasteiger partial charge in [-0.2, -0.15) is 5.26 Å². The van der Waals surface area contributed by atoms with Crippen molar-refractivity contribution in [3.05, 3.63) is 57.6 Å². The van der Waals surface area contributed by atoms with Crippen molar-refractivity contribution >= 4 is 34.8 Å². The summed E-state index contributed by atoms with van der Waals surface area (Å²) in [4.78, 5) is 13.5. The molecule has 0 spiro atoms. The second-order valence-corrected chi connectivity index (χ2v) is 7.78. The lowest BCUT2D eigenvalue weighted by Gasteiger charge is -2.37. The van der Waals surface area contributed by atoms with E-state index in [1.165, 1.54) is 0 Å². The highest BCUT2D eigenvalue weighted by Gasteiger charge is 2.43. The van der Waals surface area contributed by atoms with Crippen LogP contribution >= 0.6 is 23.2 Å². The maximum absolute atomic E-state index is 13.5. The van der Waals surface area contributed by atoms with Crippen molar-refractivity contribution in [2.75, 3.05) is 25.1 Å². The molecule has 7 heteroatoms. The fourth-order valence-electron chi connectivity index (χ4n) is 3.49. The average Bonchev–Trinajstić information content (AvgIpc) is 2.73. The zero-order valence-corrected chi connectivity index (χ0v) is 17.6. The van der Waals surface area contributed by atoms with Gasteiger partial charge in [-0.15, -0.1) is 0 Å². The molecule has 1 saturated heterocycles. The van der Waals surface area contributed by atoms with Gasteiger partial charge in [-0.1, -0.05) is 36.2 Å². The van der Waals surface area contributed by atoms with Crippen LogP contribution in [0.5, 0.6) is 5.75 Å². The fraction of sp³-hybridized carbons (Fsp3) is 0.364. The van der Waals surface area contributed by atoms with Crippen molar-refractivity contribution in [3.63, 3.8) is 0 Å². The molecule has 152 valence electrons. The summed E-state index contributed by atoms with van der Waals surface area (Å²) in [6.07, 6.45) is 1.84. The van der Waals surface area contributed by atoms with Crippen molar-refractivity contribution in [3.8, 4) is 11.8 Å². The van der Waals surface area contributed by atoms with Gasteiger partial charge in [-0.05, 0) is 55.2 Å². The summed E-state index contributed by atoms with van der Waals surface area (Å²) < 4.78 is 11.1. The Morgan fingerprint density at radius 1 is 1.24 bits per heavy atom. The van der Waals surface area contributed by atoms with Gasteiger partial charge in [0.05, 0.1) is 23.3 Å². The van der Waals surface area contributed by atoms with Crippen LogP contribution in [-0.4, -0.2) is 25.7 Å². The topological polar surface area (TPSA) is 71.3 Å². The molecule has 0 bridgehead atoms. The molecular formula is C22H22Cl2N2O3. The first-order valence-electron chi connectivity index (χ1n) is 9.52. The van der Waals surface area contributed by atoms with Crippen LogP contribution in [0, 0.1) is 11.3 Å². The Hall–Kier alpha value is -2.26. The van der Waals surface area contributed by atoms with E-state index in [0.29, 0.717) is 65.3 Å². The van der Waals surface area contributed by atoms with Crippen molar-refractivity contribution in [2.45, 2.75) is 31.6 Å². The zero-order valence-electron chi connectivity index (χ0n) is 16.1. The summed E-state index contributed by atoms with van der Waals surface area (Å²) in [6, 6.07) is 12.4. The molecule has 0 radical (unpaired) electrons. The Morgan fingerprint density at radius 3 is 2.66 bits per heavy atom. The van der Waals surface area contributed by atoms with Crippen LogP contribution in [-0.2, 0) is 14.9 Å². The Balaban J connectivity index is 1.93. The highest BCUT2D eigenvalue weighted by atomic mass is 35.5. The summed E-state index contributed by atoms with van der Waals surface area (Å²) in [5.41, 5.74) is 0.642. The lowest BCUT2D eigenvalue weighted by Crippen LogP contribution is -2.45. The fourth-order valence-corrected chi connectivity index (χ4v) is 4.08. The van der Waals surface area contributed by atoms with E-state index in [-0.39, 0.29) is 5.91 Å². The van der Waals surface area contributed by atoms with Gasteiger partial charge in [-0.3, -0.25) is 4.79 Å². The number of anilines is 1. The number of ether oxygens (including phenoxy) is 2. The number of hydrogen-bond acceptors (Lipinski definition) is 4. The van der Waals surface area contributed by atoms with Gasteiger partial charge in [0.25, 0.3) is 0 Å². The van der Waals surface area contributed by atoms with Gasteiger partial charge in [0.1, 0.15) is 11.8 Å². The first-order valence-corrected chi connectivity index (χ1v) is 10.3. The average molecular weight is 433 g/mol. The van der Waals surface area contributed by atoms with Crippen LogP contribution in [0.2, 0.25) is 10.0 Å². The van der Waals surface area contributed by atoms with Gasteiger partial charge >= 0.3 is 0 Å². The Morgan fingerprint density at radius 2 is 2.00 bits per heavy atom. The number of nitrogens with one attached hydrogen (secondary N) is 1. The van der Waals surface area contributed by atoms with Crippen LogP contribution < -0.4 is 10.1 Å². The van der Waals surface area contributed by atoms with E-state index in [9.17, 15) is 10.1 Å². The number of halogens is 2. The number of hydrogen-bond donors (Lipinski definition) is 1. The molecule has 5 nitrogen and oxygen atoms in total. The largest absolute Gasteiger partial charge is 0.494 e. The SMILES string of the molecule is CCCOc1ccc(NC(=O)C2(c3ccc(Cl)cc3Cl)CCOCC2)c(C#N)c1. The molecule has 1 aliphatic rings. The van der Waals surface area contributed by atoms with Crippen LogP contribution in [0.15, 0.2) is 36.4 Å². The molecule has 3 rings (SSSR count). The molecule has 1 amide bonds. The summed E-state index contributed by atoms with van der Waals surface area (Å²) in [5.74, 6) is 0.381. The van der Waals surface area contributed by atoms with E-state index in [4.69, 9.17) is 32.7 Å². The number of carbonyl (C=O) groups excluding carboxylic acids is 1. The number of rotatable bonds is 6. The highest BCUT2D eigenvalue weighted by Crippen LogP contribution is 2.41. The summed E-state index contributed by atoms with van der Waals surface area (Å²) >= 11 is 12.5. The van der Waals surface area contributed by atoms with Gasteiger partial charge in [0.15, 0.2) is 0 Å². The first kappa shape index (κ1) is 21.4. The summed E-state index contributed by atoms with van der Waals surface area (Å²) in [7, 11) is 0. The molecule has 2 aromatic rings.